The van der Waals surface area contributed by atoms with E-state index in [-0.39, 0.29) is 5.91 Å². The number of carbonyl (C=O) groups is 1. The smallest absolute Gasteiger partial charge is 0.256 e. The van der Waals surface area contributed by atoms with Gasteiger partial charge in [0.15, 0.2) is 0 Å². The van der Waals surface area contributed by atoms with Crippen LogP contribution in [-0.2, 0) is 9.53 Å². The maximum atomic E-state index is 12.9. The van der Waals surface area contributed by atoms with Crippen LogP contribution in [0.15, 0.2) is 12.1 Å². The second-order valence-corrected chi connectivity index (χ2v) is 7.59. The fourth-order valence-electron chi connectivity index (χ4n) is 3.58. The summed E-state index contributed by atoms with van der Waals surface area (Å²) in [6, 6.07) is 3.98. The van der Waals surface area contributed by atoms with Gasteiger partial charge in [-0.05, 0) is 62.8 Å². The number of benzene rings is 1. The van der Waals surface area contributed by atoms with Crippen LogP contribution in [0, 0.1) is 19.8 Å². The Morgan fingerprint density at radius 1 is 1.16 bits per heavy atom. The van der Waals surface area contributed by atoms with Crippen LogP contribution in [0.4, 0.5) is 5.69 Å². The molecule has 1 aliphatic carbocycles. The lowest BCUT2D eigenvalue weighted by molar-refractivity contribution is -0.145. The number of rotatable bonds is 7. The van der Waals surface area contributed by atoms with Crippen molar-refractivity contribution in [1.29, 1.82) is 0 Å². The van der Waals surface area contributed by atoms with Gasteiger partial charge in [0, 0.05) is 12.3 Å². The molecule has 4 nitrogen and oxygen atoms in total. The Morgan fingerprint density at radius 2 is 1.76 bits per heavy atom. The minimum atomic E-state index is -0.665. The van der Waals surface area contributed by atoms with E-state index >= 15 is 0 Å². The van der Waals surface area contributed by atoms with Gasteiger partial charge in [-0.25, -0.2) is 0 Å². The minimum Gasteiger partial charge on any atom is -0.493 e. The third-order valence-electron chi connectivity index (χ3n) is 4.77. The van der Waals surface area contributed by atoms with Gasteiger partial charge in [0.2, 0.25) is 0 Å². The molecule has 1 aliphatic rings. The van der Waals surface area contributed by atoms with Crippen molar-refractivity contribution in [3.05, 3.63) is 23.3 Å². The van der Waals surface area contributed by atoms with E-state index in [1.54, 1.807) is 0 Å². The summed E-state index contributed by atoms with van der Waals surface area (Å²) >= 11 is 0. The Balaban J connectivity index is 2.14. The molecule has 1 amide bonds. The standard InChI is InChI=1S/C21H33NO3/c1-6-25-21(10-8-7-9-11-21)20(23)22-18-12-16(4)19(17(5)13-18)24-14-15(2)3/h12-13,15H,6-11,14H2,1-5H3,(H,22,23). The zero-order valence-corrected chi connectivity index (χ0v) is 16.4. The normalized spacial score (nSPS) is 16.7. The number of amides is 1. The molecule has 1 saturated carbocycles. The first-order valence-electron chi connectivity index (χ1n) is 9.57. The largest absolute Gasteiger partial charge is 0.493 e. The summed E-state index contributed by atoms with van der Waals surface area (Å²) in [5.74, 6) is 1.39. The Labute approximate surface area is 152 Å². The maximum Gasteiger partial charge on any atom is 0.256 e. The fourth-order valence-corrected chi connectivity index (χ4v) is 3.58. The quantitative estimate of drug-likeness (QED) is 0.753. The van der Waals surface area contributed by atoms with Crippen LogP contribution >= 0.6 is 0 Å². The minimum absolute atomic E-state index is 0.0105. The highest BCUT2D eigenvalue weighted by Gasteiger charge is 2.40. The van der Waals surface area contributed by atoms with Gasteiger partial charge in [0.1, 0.15) is 11.4 Å². The van der Waals surface area contributed by atoms with E-state index in [4.69, 9.17) is 9.47 Å². The van der Waals surface area contributed by atoms with Crippen molar-refractivity contribution < 1.29 is 14.3 Å². The third kappa shape index (κ3) is 4.97. The van der Waals surface area contributed by atoms with Crippen LogP contribution in [0.2, 0.25) is 0 Å². The van der Waals surface area contributed by atoms with Gasteiger partial charge in [0.05, 0.1) is 6.61 Å². The summed E-state index contributed by atoms with van der Waals surface area (Å²) in [4.78, 5) is 12.9. The summed E-state index contributed by atoms with van der Waals surface area (Å²) in [5.41, 5.74) is 2.25. The van der Waals surface area contributed by atoms with E-state index in [1.807, 2.05) is 32.9 Å². The molecule has 0 saturated heterocycles. The Kier molecular flexibility index (Phi) is 6.88. The SMILES string of the molecule is CCOC1(C(=O)Nc2cc(C)c(OCC(C)C)c(C)c2)CCCCC1. The number of aryl methyl sites for hydroxylation is 2. The predicted octanol–water partition coefficient (Wildman–Crippen LogP) is 5.02. The fraction of sp³-hybridized carbons (Fsp3) is 0.667. The van der Waals surface area contributed by atoms with Gasteiger partial charge in [0.25, 0.3) is 5.91 Å². The lowest BCUT2D eigenvalue weighted by atomic mass is 9.83. The zero-order chi connectivity index (χ0) is 18.4. The average Bonchev–Trinajstić information content (AvgIpc) is 2.55. The summed E-state index contributed by atoms with van der Waals surface area (Å²) < 4.78 is 11.8. The summed E-state index contributed by atoms with van der Waals surface area (Å²) in [5, 5.41) is 3.09. The topological polar surface area (TPSA) is 47.6 Å². The highest BCUT2D eigenvalue weighted by Crippen LogP contribution is 2.34. The van der Waals surface area contributed by atoms with Gasteiger partial charge < -0.3 is 14.8 Å². The molecule has 1 aromatic carbocycles. The molecule has 0 aliphatic heterocycles. The molecule has 2 rings (SSSR count). The maximum absolute atomic E-state index is 12.9. The average molecular weight is 347 g/mol. The van der Waals surface area contributed by atoms with Crippen molar-refractivity contribution in [2.45, 2.75) is 72.3 Å². The predicted molar refractivity (Wildman–Crippen MR) is 102 cm³/mol. The van der Waals surface area contributed by atoms with Gasteiger partial charge in [-0.2, -0.15) is 0 Å². The molecular formula is C21H33NO3. The van der Waals surface area contributed by atoms with Crippen LogP contribution in [0.3, 0.4) is 0 Å². The van der Waals surface area contributed by atoms with Crippen molar-refractivity contribution in [2.75, 3.05) is 18.5 Å². The second-order valence-electron chi connectivity index (χ2n) is 7.59. The van der Waals surface area contributed by atoms with Gasteiger partial charge in [-0.1, -0.05) is 33.1 Å². The van der Waals surface area contributed by atoms with Crippen molar-refractivity contribution in [3.63, 3.8) is 0 Å². The first-order chi connectivity index (χ1) is 11.9. The highest BCUT2D eigenvalue weighted by atomic mass is 16.5. The second kappa shape index (κ2) is 8.70. The van der Waals surface area contributed by atoms with Crippen LogP contribution in [-0.4, -0.2) is 24.7 Å². The number of anilines is 1. The number of ether oxygens (including phenoxy) is 2. The van der Waals surface area contributed by atoms with E-state index in [9.17, 15) is 4.79 Å². The number of carbonyl (C=O) groups excluding carboxylic acids is 1. The van der Waals surface area contributed by atoms with Crippen molar-refractivity contribution in [1.82, 2.24) is 0 Å². The number of hydrogen-bond acceptors (Lipinski definition) is 3. The third-order valence-corrected chi connectivity index (χ3v) is 4.77. The lowest BCUT2D eigenvalue weighted by Crippen LogP contribution is -2.47. The molecule has 25 heavy (non-hydrogen) atoms. The summed E-state index contributed by atoms with van der Waals surface area (Å²) in [6.07, 6.45) is 4.89. The van der Waals surface area contributed by atoms with Gasteiger partial charge in [-0.3, -0.25) is 4.79 Å². The highest BCUT2D eigenvalue weighted by molar-refractivity contribution is 5.97. The van der Waals surface area contributed by atoms with E-state index in [0.29, 0.717) is 19.1 Å². The van der Waals surface area contributed by atoms with Crippen LogP contribution < -0.4 is 10.1 Å². The van der Waals surface area contributed by atoms with Gasteiger partial charge in [-0.15, -0.1) is 0 Å². The number of nitrogens with one attached hydrogen (secondary N) is 1. The Morgan fingerprint density at radius 3 is 2.28 bits per heavy atom. The van der Waals surface area contributed by atoms with Gasteiger partial charge >= 0.3 is 0 Å². The lowest BCUT2D eigenvalue weighted by Gasteiger charge is -2.35. The zero-order valence-electron chi connectivity index (χ0n) is 16.4. The van der Waals surface area contributed by atoms with E-state index in [1.165, 1.54) is 6.42 Å². The summed E-state index contributed by atoms with van der Waals surface area (Å²) in [7, 11) is 0. The van der Waals surface area contributed by atoms with E-state index in [2.05, 4.69) is 19.2 Å². The first-order valence-corrected chi connectivity index (χ1v) is 9.57. The van der Waals surface area contributed by atoms with E-state index < -0.39 is 5.60 Å². The molecule has 0 bridgehead atoms. The van der Waals surface area contributed by atoms with Crippen molar-refractivity contribution in [2.24, 2.45) is 5.92 Å². The Bertz CT molecular complexity index is 560. The molecule has 0 radical (unpaired) electrons. The molecule has 0 spiro atoms. The molecule has 0 heterocycles. The van der Waals surface area contributed by atoms with Crippen molar-refractivity contribution >= 4 is 11.6 Å². The first kappa shape index (κ1) is 19.8. The molecule has 0 atom stereocenters. The molecule has 4 heteroatoms. The summed E-state index contributed by atoms with van der Waals surface area (Å²) in [6.45, 7) is 11.5. The Hall–Kier alpha value is -1.55. The molecule has 1 aromatic rings. The molecule has 1 fully saturated rings. The molecule has 0 aromatic heterocycles. The van der Waals surface area contributed by atoms with Crippen molar-refractivity contribution in [3.8, 4) is 5.75 Å². The molecule has 140 valence electrons. The van der Waals surface area contributed by atoms with Crippen LogP contribution in [0.25, 0.3) is 0 Å². The van der Waals surface area contributed by atoms with Crippen LogP contribution in [0.1, 0.15) is 64.0 Å². The molecular weight excluding hydrogens is 314 g/mol. The monoisotopic (exact) mass is 347 g/mol. The molecule has 1 N–H and O–H groups in total. The molecule has 0 unspecified atom stereocenters. The number of hydrogen-bond donors (Lipinski definition) is 1. The van der Waals surface area contributed by atoms with E-state index in [0.717, 1.165) is 48.2 Å². The van der Waals surface area contributed by atoms with Crippen LogP contribution in [0.5, 0.6) is 5.75 Å².